The summed E-state index contributed by atoms with van der Waals surface area (Å²) in [6.07, 6.45) is 1.58. The summed E-state index contributed by atoms with van der Waals surface area (Å²) in [5.41, 5.74) is 6.33. The summed E-state index contributed by atoms with van der Waals surface area (Å²) < 4.78 is 10.8. The van der Waals surface area contributed by atoms with Gasteiger partial charge in [0.15, 0.2) is 11.6 Å². The number of nitrogens with one attached hydrogen (secondary N) is 1. The van der Waals surface area contributed by atoms with Gasteiger partial charge in [0.25, 0.3) is 0 Å². The minimum absolute atomic E-state index is 0.289. The number of aromatic amines is 1. The highest BCUT2D eigenvalue weighted by molar-refractivity contribution is 5.45. The Morgan fingerprint density at radius 2 is 2.21 bits per heavy atom. The highest BCUT2D eigenvalue weighted by atomic mass is 16.5. The van der Waals surface area contributed by atoms with Gasteiger partial charge in [0.1, 0.15) is 12.4 Å². The van der Waals surface area contributed by atoms with E-state index in [1.54, 1.807) is 30.5 Å². The number of hydrogen-bond donors (Lipinski definition) is 2. The van der Waals surface area contributed by atoms with Crippen molar-refractivity contribution in [2.45, 2.75) is 6.61 Å². The third kappa shape index (κ3) is 2.57. The molecule has 0 saturated heterocycles. The minimum Gasteiger partial charge on any atom is -0.486 e. The standard InChI is InChI=1S/C13H12N4O2/c14-9-3-1-4-10(7-9)19-8-12-15-13(17-16-12)11-5-2-6-18-11/h1-7H,8,14H2,(H,15,16,17). The number of benzene rings is 1. The largest absolute Gasteiger partial charge is 0.486 e. The predicted molar refractivity (Wildman–Crippen MR) is 69.3 cm³/mol. The maximum atomic E-state index is 5.67. The highest BCUT2D eigenvalue weighted by Crippen LogP contribution is 2.17. The molecule has 19 heavy (non-hydrogen) atoms. The Morgan fingerprint density at radius 3 is 3.00 bits per heavy atom. The van der Waals surface area contributed by atoms with E-state index in [0.717, 1.165) is 0 Å². The Hall–Kier alpha value is -2.76. The first-order chi connectivity index (χ1) is 9.31. The van der Waals surface area contributed by atoms with E-state index in [1.165, 1.54) is 0 Å². The topological polar surface area (TPSA) is 90.0 Å². The van der Waals surface area contributed by atoms with E-state index in [4.69, 9.17) is 14.9 Å². The van der Waals surface area contributed by atoms with Gasteiger partial charge in [-0.1, -0.05) is 6.07 Å². The van der Waals surface area contributed by atoms with Crippen LogP contribution < -0.4 is 10.5 Å². The maximum Gasteiger partial charge on any atom is 0.217 e. The predicted octanol–water partition coefficient (Wildman–Crippen LogP) is 2.23. The zero-order valence-corrected chi connectivity index (χ0v) is 10.0. The molecule has 0 aliphatic heterocycles. The van der Waals surface area contributed by atoms with Crippen molar-refractivity contribution in [2.24, 2.45) is 0 Å². The Bertz CT molecular complexity index is 661. The van der Waals surface area contributed by atoms with Crippen molar-refractivity contribution in [1.29, 1.82) is 0 Å². The summed E-state index contributed by atoms with van der Waals surface area (Å²) in [4.78, 5) is 4.27. The lowest BCUT2D eigenvalue weighted by molar-refractivity contribution is 0.296. The van der Waals surface area contributed by atoms with Gasteiger partial charge in [-0.2, -0.15) is 0 Å². The van der Waals surface area contributed by atoms with Crippen LogP contribution in [0.1, 0.15) is 5.82 Å². The summed E-state index contributed by atoms with van der Waals surface area (Å²) >= 11 is 0. The van der Waals surface area contributed by atoms with Gasteiger partial charge in [-0.25, -0.2) is 4.98 Å². The molecule has 96 valence electrons. The second-order valence-electron chi connectivity index (χ2n) is 3.94. The summed E-state index contributed by atoms with van der Waals surface area (Å²) in [5.74, 6) is 2.44. The number of aromatic nitrogens is 3. The average Bonchev–Trinajstić information content (AvgIpc) is 3.07. The van der Waals surface area contributed by atoms with E-state index in [9.17, 15) is 0 Å². The second-order valence-corrected chi connectivity index (χ2v) is 3.94. The molecule has 3 N–H and O–H groups in total. The Balaban J connectivity index is 1.68. The minimum atomic E-state index is 0.289. The number of nitrogens with two attached hydrogens (primary N) is 1. The second kappa shape index (κ2) is 4.85. The molecule has 6 nitrogen and oxygen atoms in total. The molecule has 0 radical (unpaired) electrons. The lowest BCUT2D eigenvalue weighted by atomic mass is 10.3. The van der Waals surface area contributed by atoms with E-state index < -0.39 is 0 Å². The molecule has 0 amide bonds. The van der Waals surface area contributed by atoms with Crippen LogP contribution in [0.3, 0.4) is 0 Å². The highest BCUT2D eigenvalue weighted by Gasteiger charge is 2.08. The van der Waals surface area contributed by atoms with Crippen LogP contribution in [0.25, 0.3) is 11.6 Å². The van der Waals surface area contributed by atoms with E-state index in [-0.39, 0.29) is 6.61 Å². The molecule has 3 rings (SSSR count). The van der Waals surface area contributed by atoms with Gasteiger partial charge in [0.05, 0.1) is 6.26 Å². The first kappa shape index (κ1) is 11.3. The molecule has 1 aromatic carbocycles. The third-order valence-electron chi connectivity index (χ3n) is 2.51. The smallest absolute Gasteiger partial charge is 0.217 e. The molecular weight excluding hydrogens is 244 g/mol. The van der Waals surface area contributed by atoms with Crippen molar-refractivity contribution in [1.82, 2.24) is 15.2 Å². The first-order valence-corrected chi connectivity index (χ1v) is 5.75. The maximum absolute atomic E-state index is 5.67. The summed E-state index contributed by atoms with van der Waals surface area (Å²) in [5, 5.41) is 6.86. The molecule has 0 aliphatic rings. The van der Waals surface area contributed by atoms with Crippen molar-refractivity contribution in [2.75, 3.05) is 5.73 Å². The normalized spacial score (nSPS) is 10.5. The summed E-state index contributed by atoms with van der Waals surface area (Å²) in [6, 6.07) is 10.8. The molecule has 2 aromatic heterocycles. The Kier molecular flexibility index (Phi) is 2.89. The molecular formula is C13H12N4O2. The molecule has 0 spiro atoms. The van der Waals surface area contributed by atoms with Gasteiger partial charge in [-0.05, 0) is 24.3 Å². The number of H-pyrrole nitrogens is 1. The van der Waals surface area contributed by atoms with Gasteiger partial charge in [-0.15, -0.1) is 5.10 Å². The van der Waals surface area contributed by atoms with Gasteiger partial charge in [0, 0.05) is 11.8 Å². The van der Waals surface area contributed by atoms with Gasteiger partial charge < -0.3 is 14.9 Å². The Morgan fingerprint density at radius 1 is 1.26 bits per heavy atom. The zero-order valence-electron chi connectivity index (χ0n) is 10.0. The van der Waals surface area contributed by atoms with Crippen molar-refractivity contribution in [3.63, 3.8) is 0 Å². The molecule has 0 atom stereocenters. The van der Waals surface area contributed by atoms with Crippen LogP contribution in [-0.2, 0) is 6.61 Å². The lowest BCUT2D eigenvalue weighted by Crippen LogP contribution is -1.98. The number of ether oxygens (including phenoxy) is 1. The Labute approximate surface area is 109 Å². The number of furan rings is 1. The number of anilines is 1. The van der Waals surface area contributed by atoms with E-state index >= 15 is 0 Å². The van der Waals surface area contributed by atoms with Crippen molar-refractivity contribution < 1.29 is 9.15 Å². The van der Waals surface area contributed by atoms with E-state index in [1.807, 2.05) is 12.1 Å². The van der Waals surface area contributed by atoms with Crippen LogP contribution in [0, 0.1) is 0 Å². The fraction of sp³-hybridized carbons (Fsp3) is 0.0769. The monoisotopic (exact) mass is 256 g/mol. The van der Waals surface area contributed by atoms with Crippen LogP contribution in [0.4, 0.5) is 5.69 Å². The quantitative estimate of drug-likeness (QED) is 0.698. The molecule has 6 heteroatoms. The van der Waals surface area contributed by atoms with E-state index in [2.05, 4.69) is 15.2 Å². The number of nitrogens with zero attached hydrogens (tertiary/aromatic N) is 2. The van der Waals surface area contributed by atoms with Crippen LogP contribution in [0.5, 0.6) is 5.75 Å². The van der Waals surface area contributed by atoms with Crippen molar-refractivity contribution in [3.05, 3.63) is 48.5 Å². The fourth-order valence-electron chi connectivity index (χ4n) is 1.63. The zero-order chi connectivity index (χ0) is 13.1. The van der Waals surface area contributed by atoms with Crippen molar-refractivity contribution >= 4 is 5.69 Å². The summed E-state index contributed by atoms with van der Waals surface area (Å²) in [6.45, 7) is 0.289. The average molecular weight is 256 g/mol. The van der Waals surface area contributed by atoms with Crippen LogP contribution in [-0.4, -0.2) is 15.2 Å². The molecule has 0 bridgehead atoms. The molecule has 0 saturated carbocycles. The molecule has 3 aromatic rings. The van der Waals surface area contributed by atoms with Crippen LogP contribution in [0.2, 0.25) is 0 Å². The van der Waals surface area contributed by atoms with Gasteiger partial charge >= 0.3 is 0 Å². The first-order valence-electron chi connectivity index (χ1n) is 5.75. The number of rotatable bonds is 4. The third-order valence-corrected chi connectivity index (χ3v) is 2.51. The molecule has 2 heterocycles. The van der Waals surface area contributed by atoms with Gasteiger partial charge in [-0.3, -0.25) is 5.10 Å². The number of nitrogen functional groups attached to an aromatic ring is 1. The van der Waals surface area contributed by atoms with Gasteiger partial charge in [0.2, 0.25) is 5.82 Å². The lowest BCUT2D eigenvalue weighted by Gasteiger charge is -2.03. The SMILES string of the molecule is Nc1cccc(OCc2nc(-c3ccco3)n[nH]2)c1. The fourth-order valence-corrected chi connectivity index (χ4v) is 1.63. The van der Waals surface area contributed by atoms with Crippen LogP contribution in [0.15, 0.2) is 47.1 Å². The van der Waals surface area contributed by atoms with E-state index in [0.29, 0.717) is 28.8 Å². The molecule has 0 unspecified atom stereocenters. The molecule has 0 fully saturated rings. The van der Waals surface area contributed by atoms with Crippen molar-refractivity contribution in [3.8, 4) is 17.3 Å². The van der Waals surface area contributed by atoms with Crippen LogP contribution >= 0.6 is 0 Å². The summed E-state index contributed by atoms with van der Waals surface area (Å²) in [7, 11) is 0. The molecule has 0 aliphatic carbocycles. The number of hydrogen-bond acceptors (Lipinski definition) is 5.